The van der Waals surface area contributed by atoms with Gasteiger partial charge in [0.05, 0.1) is 6.42 Å². The average Bonchev–Trinajstić information content (AvgIpc) is 2.75. The van der Waals surface area contributed by atoms with Crippen molar-refractivity contribution in [1.82, 2.24) is 0 Å². The van der Waals surface area contributed by atoms with Crippen LogP contribution in [-0.2, 0) is 10.2 Å². The molecule has 34 heavy (non-hydrogen) atoms. The van der Waals surface area contributed by atoms with E-state index in [4.69, 9.17) is 0 Å². The molecule has 1 unspecified atom stereocenters. The van der Waals surface area contributed by atoms with Gasteiger partial charge in [0, 0.05) is 0 Å². The molecule has 0 aromatic heterocycles. The number of hydrogen-bond acceptors (Lipinski definition) is 2. The van der Waals surface area contributed by atoms with Crippen molar-refractivity contribution in [3.63, 3.8) is 0 Å². The van der Waals surface area contributed by atoms with E-state index in [0.717, 1.165) is 29.5 Å². The van der Waals surface area contributed by atoms with Crippen molar-refractivity contribution in [3.05, 3.63) is 28.8 Å². The van der Waals surface area contributed by atoms with Crippen LogP contribution >= 0.6 is 0 Å². The van der Waals surface area contributed by atoms with Crippen LogP contribution in [0.1, 0.15) is 166 Å². The molecular formula is C31H54O3. The smallest absolute Gasteiger partial charge is 0.303 e. The van der Waals surface area contributed by atoms with E-state index in [0.29, 0.717) is 5.75 Å². The Morgan fingerprint density at radius 3 is 1.71 bits per heavy atom. The summed E-state index contributed by atoms with van der Waals surface area (Å²) >= 11 is 0. The third kappa shape index (κ3) is 11.8. The van der Waals surface area contributed by atoms with Gasteiger partial charge >= 0.3 is 5.97 Å². The Morgan fingerprint density at radius 1 is 0.824 bits per heavy atom. The van der Waals surface area contributed by atoms with Crippen LogP contribution in [0.25, 0.3) is 0 Å². The highest BCUT2D eigenvalue weighted by Crippen LogP contribution is 2.40. The van der Waals surface area contributed by atoms with Gasteiger partial charge in [0.2, 0.25) is 0 Å². The third-order valence-electron chi connectivity index (χ3n) is 7.14. The van der Waals surface area contributed by atoms with Gasteiger partial charge in [-0.25, -0.2) is 0 Å². The maximum absolute atomic E-state index is 11.6. The lowest BCUT2D eigenvalue weighted by Crippen LogP contribution is -2.15. The van der Waals surface area contributed by atoms with Crippen LogP contribution in [0.4, 0.5) is 0 Å². The average molecular weight is 475 g/mol. The number of carbonyl (C=O) groups is 1. The maximum atomic E-state index is 11.6. The molecule has 0 aliphatic heterocycles. The Balaban J connectivity index is 2.54. The summed E-state index contributed by atoms with van der Waals surface area (Å²) in [5.74, 6) is -0.162. The molecule has 0 heterocycles. The van der Waals surface area contributed by atoms with Crippen LogP contribution in [0, 0.1) is 0 Å². The summed E-state index contributed by atoms with van der Waals surface area (Å²) in [6, 6.07) is 4.13. The van der Waals surface area contributed by atoms with Gasteiger partial charge in [0.25, 0.3) is 0 Å². The highest BCUT2D eigenvalue weighted by molar-refractivity contribution is 5.68. The molecule has 0 spiro atoms. The van der Waals surface area contributed by atoms with Crippen molar-refractivity contribution in [3.8, 4) is 5.75 Å². The first-order chi connectivity index (χ1) is 16.1. The predicted molar refractivity (Wildman–Crippen MR) is 146 cm³/mol. The van der Waals surface area contributed by atoms with E-state index in [1.54, 1.807) is 0 Å². The lowest BCUT2D eigenvalue weighted by molar-refractivity contribution is -0.137. The minimum Gasteiger partial charge on any atom is -0.507 e. The van der Waals surface area contributed by atoms with Crippen molar-refractivity contribution in [2.75, 3.05) is 0 Å². The van der Waals surface area contributed by atoms with Crippen molar-refractivity contribution >= 4 is 5.97 Å². The van der Waals surface area contributed by atoms with Crippen LogP contribution in [0.2, 0.25) is 0 Å². The summed E-state index contributed by atoms with van der Waals surface area (Å²) in [7, 11) is 0. The number of aliphatic carboxylic acids is 1. The molecule has 0 aliphatic rings. The fourth-order valence-electron chi connectivity index (χ4n) is 4.93. The van der Waals surface area contributed by atoms with E-state index in [9.17, 15) is 15.0 Å². The highest BCUT2D eigenvalue weighted by atomic mass is 16.4. The van der Waals surface area contributed by atoms with Crippen molar-refractivity contribution in [2.45, 2.75) is 155 Å². The number of phenolic OH excluding ortho intramolecular Hbond substituents is 1. The van der Waals surface area contributed by atoms with Crippen LogP contribution < -0.4 is 0 Å². The van der Waals surface area contributed by atoms with Crippen molar-refractivity contribution in [1.29, 1.82) is 0 Å². The molecule has 0 bridgehead atoms. The predicted octanol–water partition coefficient (Wildman–Crippen LogP) is 9.85. The third-order valence-corrected chi connectivity index (χ3v) is 7.14. The maximum Gasteiger partial charge on any atom is 0.303 e. The molecule has 0 saturated carbocycles. The SMILES string of the molecule is CCCCCCCCCCCCCCCC(CC(=O)O)c1cc(C(C)C)c(O)c(C(C)(C)C)c1. The van der Waals surface area contributed by atoms with Gasteiger partial charge in [-0.1, -0.05) is 137 Å². The van der Waals surface area contributed by atoms with Gasteiger partial charge in [-0.3, -0.25) is 4.79 Å². The zero-order chi connectivity index (χ0) is 25.6. The Hall–Kier alpha value is -1.51. The Morgan fingerprint density at radius 2 is 1.29 bits per heavy atom. The zero-order valence-corrected chi connectivity index (χ0v) is 23.2. The molecule has 1 aromatic rings. The Bertz CT molecular complexity index is 699. The summed E-state index contributed by atoms with van der Waals surface area (Å²) in [6.07, 6.45) is 18.2. The number of carboxylic acid groups (broad SMARTS) is 1. The molecule has 1 rings (SSSR count). The van der Waals surface area contributed by atoms with E-state index in [2.05, 4.69) is 53.7 Å². The highest BCUT2D eigenvalue weighted by Gasteiger charge is 2.25. The molecule has 1 atom stereocenters. The molecular weight excluding hydrogens is 420 g/mol. The van der Waals surface area contributed by atoms with E-state index >= 15 is 0 Å². The second-order valence-corrected chi connectivity index (χ2v) is 11.7. The Labute approximate surface area is 210 Å². The van der Waals surface area contributed by atoms with Crippen molar-refractivity contribution in [2.24, 2.45) is 0 Å². The van der Waals surface area contributed by atoms with Crippen molar-refractivity contribution < 1.29 is 15.0 Å². The largest absolute Gasteiger partial charge is 0.507 e. The molecule has 196 valence electrons. The number of benzene rings is 1. The lowest BCUT2D eigenvalue weighted by Gasteiger charge is -2.26. The second kappa shape index (κ2) is 16.2. The first-order valence-corrected chi connectivity index (χ1v) is 14.2. The van der Waals surface area contributed by atoms with E-state index in [1.165, 1.54) is 77.0 Å². The summed E-state index contributed by atoms with van der Waals surface area (Å²) in [5.41, 5.74) is 2.75. The standard InChI is InChI=1S/C31H54O3/c1-7-8-9-10-11-12-13-14-15-16-17-18-19-20-25(23-29(32)33)26-21-27(24(2)3)30(34)28(22-26)31(4,5)6/h21-22,24-25,34H,7-20,23H2,1-6H3,(H,32,33). The van der Waals surface area contributed by atoms with Gasteiger partial charge in [0.1, 0.15) is 5.75 Å². The normalized spacial score (nSPS) is 12.9. The number of unbranched alkanes of at least 4 members (excludes halogenated alkanes) is 12. The monoisotopic (exact) mass is 474 g/mol. The molecule has 0 amide bonds. The lowest BCUT2D eigenvalue weighted by atomic mass is 9.79. The fourth-order valence-corrected chi connectivity index (χ4v) is 4.93. The minimum atomic E-state index is -0.740. The number of rotatable bonds is 18. The summed E-state index contributed by atoms with van der Waals surface area (Å²) in [4.78, 5) is 11.6. The van der Waals surface area contributed by atoms with E-state index in [-0.39, 0.29) is 23.7 Å². The quantitative estimate of drug-likeness (QED) is 0.208. The summed E-state index contributed by atoms with van der Waals surface area (Å²) in [5, 5.41) is 20.4. The van der Waals surface area contributed by atoms with Gasteiger partial charge in [-0.2, -0.15) is 0 Å². The molecule has 0 aliphatic carbocycles. The van der Waals surface area contributed by atoms with Crippen LogP contribution in [0.3, 0.4) is 0 Å². The number of carboxylic acids is 1. The molecule has 0 fully saturated rings. The number of aromatic hydroxyl groups is 1. The van der Waals surface area contributed by atoms with E-state index in [1.807, 2.05) is 0 Å². The number of phenols is 1. The molecule has 0 radical (unpaired) electrons. The summed E-state index contributed by atoms with van der Waals surface area (Å²) in [6.45, 7) is 12.8. The molecule has 2 N–H and O–H groups in total. The van der Waals surface area contributed by atoms with Crippen LogP contribution in [-0.4, -0.2) is 16.2 Å². The minimum absolute atomic E-state index is 0.00408. The zero-order valence-electron chi connectivity index (χ0n) is 23.2. The second-order valence-electron chi connectivity index (χ2n) is 11.7. The van der Waals surface area contributed by atoms with Crippen LogP contribution in [0.15, 0.2) is 12.1 Å². The first-order valence-electron chi connectivity index (χ1n) is 14.2. The van der Waals surface area contributed by atoms with Gasteiger partial charge in [-0.15, -0.1) is 0 Å². The molecule has 0 saturated heterocycles. The number of hydrogen-bond donors (Lipinski definition) is 2. The molecule has 1 aromatic carbocycles. The van der Waals surface area contributed by atoms with Gasteiger partial charge in [-0.05, 0) is 40.4 Å². The van der Waals surface area contributed by atoms with Crippen LogP contribution in [0.5, 0.6) is 5.75 Å². The fraction of sp³-hybridized carbons (Fsp3) is 0.774. The Kier molecular flexibility index (Phi) is 14.6. The van der Waals surface area contributed by atoms with E-state index < -0.39 is 5.97 Å². The van der Waals surface area contributed by atoms with Gasteiger partial charge < -0.3 is 10.2 Å². The molecule has 3 nitrogen and oxygen atoms in total. The molecule has 3 heteroatoms. The first kappa shape index (κ1) is 30.5. The van der Waals surface area contributed by atoms with Gasteiger partial charge in [0.15, 0.2) is 0 Å². The summed E-state index contributed by atoms with van der Waals surface area (Å²) < 4.78 is 0. The topological polar surface area (TPSA) is 57.5 Å².